The van der Waals surface area contributed by atoms with Crippen molar-refractivity contribution in [2.45, 2.75) is 57.8 Å². The van der Waals surface area contributed by atoms with Crippen LogP contribution in [-0.4, -0.2) is 44.5 Å². The first-order valence-electron chi connectivity index (χ1n) is 15.2. The smallest absolute Gasteiger partial charge is 0.330 e. The van der Waals surface area contributed by atoms with Crippen LogP contribution in [0.3, 0.4) is 0 Å². The monoisotopic (exact) mass is 590 g/mol. The molecule has 2 aromatic rings. The van der Waals surface area contributed by atoms with Crippen molar-refractivity contribution in [2.24, 2.45) is 11.8 Å². The van der Waals surface area contributed by atoms with E-state index in [1.807, 2.05) is 42.5 Å². The van der Waals surface area contributed by atoms with E-state index in [1.54, 1.807) is 11.6 Å². The number of hydrogen-bond acceptors (Lipinski definition) is 5. The Hall–Kier alpha value is -3.61. The lowest BCUT2D eigenvalue weighted by Crippen LogP contribution is -2.35. The van der Waals surface area contributed by atoms with Crippen LogP contribution in [0, 0.1) is 11.8 Å². The molecule has 2 aromatic carbocycles. The Bertz CT molecular complexity index is 1150. The third-order valence-electron chi connectivity index (χ3n) is 8.12. The molecule has 0 bridgehead atoms. The Balaban J connectivity index is 0.000000388. The van der Waals surface area contributed by atoms with Gasteiger partial charge in [-0.3, -0.25) is 0 Å². The van der Waals surface area contributed by atoms with Crippen molar-refractivity contribution in [3.05, 3.63) is 109 Å². The summed E-state index contributed by atoms with van der Waals surface area (Å²) in [6.07, 6.45) is 17.4. The third-order valence-corrected chi connectivity index (χ3v) is 8.12. The lowest BCUT2D eigenvalue weighted by molar-refractivity contribution is -0.138. The van der Waals surface area contributed by atoms with E-state index in [4.69, 9.17) is 18.9 Å². The van der Waals surface area contributed by atoms with Gasteiger partial charge in [-0.2, -0.15) is 0 Å². The number of para-hydroxylation sites is 1. The Morgan fingerprint density at radius 3 is 2.33 bits per heavy atom. The summed E-state index contributed by atoms with van der Waals surface area (Å²) < 4.78 is 21.2. The molecule has 0 heterocycles. The zero-order valence-corrected chi connectivity index (χ0v) is 26.0. The summed E-state index contributed by atoms with van der Waals surface area (Å²) in [6, 6.07) is 18.2. The number of fused-ring (bicyclic) bond motifs is 1. The largest absolute Gasteiger partial charge is 0.491 e. The highest BCUT2D eigenvalue weighted by molar-refractivity contribution is 5.81. The number of carbonyl (C=O) groups is 1. The first-order valence-corrected chi connectivity index (χ1v) is 15.2. The van der Waals surface area contributed by atoms with E-state index in [2.05, 4.69) is 57.4 Å². The molecule has 0 amide bonds. The molecule has 4 rings (SSSR count). The van der Waals surface area contributed by atoms with Crippen LogP contribution in [0.15, 0.2) is 104 Å². The Morgan fingerprint density at radius 2 is 1.63 bits per heavy atom. The maximum Gasteiger partial charge on any atom is 0.330 e. The van der Waals surface area contributed by atoms with E-state index in [1.165, 1.54) is 37.7 Å². The molecule has 2 N–H and O–H groups in total. The van der Waals surface area contributed by atoms with Gasteiger partial charge in [-0.25, -0.2) is 4.79 Å². The molecule has 6 nitrogen and oxygen atoms in total. The van der Waals surface area contributed by atoms with Gasteiger partial charge >= 0.3 is 5.97 Å². The van der Waals surface area contributed by atoms with E-state index >= 15 is 0 Å². The summed E-state index contributed by atoms with van der Waals surface area (Å²) in [5.41, 5.74) is 3.15. The van der Waals surface area contributed by atoms with Gasteiger partial charge in [-0.15, -0.1) is 6.58 Å². The second-order valence-electron chi connectivity index (χ2n) is 11.1. The summed E-state index contributed by atoms with van der Waals surface area (Å²) >= 11 is 0. The van der Waals surface area contributed by atoms with Crippen molar-refractivity contribution in [3.8, 4) is 11.5 Å². The molecule has 2 aliphatic rings. The SMILES string of the molecule is C=CC(=O)OCCOc1ccc(C2(C)CCCCCC(C)C3=CC=CCC32)cc1.C=CCOCCOc1ccccc1.O. The predicted molar refractivity (Wildman–Crippen MR) is 175 cm³/mol. The normalized spacial score (nSPS) is 21.0. The van der Waals surface area contributed by atoms with Gasteiger partial charge < -0.3 is 24.4 Å². The van der Waals surface area contributed by atoms with Crippen LogP contribution >= 0.6 is 0 Å². The molecular weight excluding hydrogens is 540 g/mol. The minimum atomic E-state index is -0.420. The van der Waals surface area contributed by atoms with E-state index in [0.717, 1.165) is 24.0 Å². The predicted octanol–water partition coefficient (Wildman–Crippen LogP) is 7.60. The fourth-order valence-electron chi connectivity index (χ4n) is 5.78. The molecule has 0 aromatic heterocycles. The van der Waals surface area contributed by atoms with Gasteiger partial charge in [0.2, 0.25) is 0 Å². The standard InChI is InChI=1S/C26H34O3.C11H14O2.H2O/c1-4-25(27)29-19-18-28-22-15-13-21(14-16-22)26(3)17-9-5-6-10-20(2)23-11-7-8-12-24(23)26;1-2-8-12-9-10-13-11-6-4-3-5-7-11;/h4,7-8,11,13-16,20,24H,1,5-6,9-10,12,17-19H2,2-3H3;2-7H,1,8-10H2;1H2. The van der Waals surface area contributed by atoms with Gasteiger partial charge in [-0.1, -0.05) is 99.9 Å². The number of ether oxygens (including phenoxy) is 4. The van der Waals surface area contributed by atoms with Crippen LogP contribution in [0.5, 0.6) is 11.5 Å². The highest BCUT2D eigenvalue weighted by Gasteiger charge is 2.39. The highest BCUT2D eigenvalue weighted by Crippen LogP contribution is 2.48. The van der Waals surface area contributed by atoms with Gasteiger partial charge in [0, 0.05) is 6.08 Å². The minimum absolute atomic E-state index is 0. The van der Waals surface area contributed by atoms with Crippen LogP contribution in [0.2, 0.25) is 0 Å². The van der Waals surface area contributed by atoms with Crippen LogP contribution in [-0.2, 0) is 19.7 Å². The van der Waals surface area contributed by atoms with Gasteiger partial charge in [0.25, 0.3) is 0 Å². The second-order valence-corrected chi connectivity index (χ2v) is 11.1. The number of esters is 1. The Labute approximate surface area is 258 Å². The van der Waals surface area contributed by atoms with Crippen molar-refractivity contribution < 1.29 is 29.2 Å². The topological polar surface area (TPSA) is 85.5 Å². The number of hydrogen-bond donors (Lipinski definition) is 0. The molecule has 43 heavy (non-hydrogen) atoms. The average Bonchev–Trinajstić information content (AvgIpc) is 3.09. The fourth-order valence-corrected chi connectivity index (χ4v) is 5.78. The molecule has 1 saturated carbocycles. The fraction of sp³-hybridized carbons (Fsp3) is 0.432. The van der Waals surface area contributed by atoms with Crippen molar-refractivity contribution in [1.29, 1.82) is 0 Å². The van der Waals surface area contributed by atoms with Crippen LogP contribution < -0.4 is 9.47 Å². The zero-order chi connectivity index (χ0) is 30.0. The maximum absolute atomic E-state index is 11.1. The molecule has 234 valence electrons. The summed E-state index contributed by atoms with van der Waals surface area (Å²) in [5, 5.41) is 0. The summed E-state index contributed by atoms with van der Waals surface area (Å²) in [5.74, 6) is 2.48. The van der Waals surface area contributed by atoms with E-state index in [-0.39, 0.29) is 17.5 Å². The first-order chi connectivity index (χ1) is 20.5. The Morgan fingerprint density at radius 1 is 0.930 bits per heavy atom. The molecule has 0 radical (unpaired) electrons. The quantitative estimate of drug-likeness (QED) is 0.110. The molecule has 6 heteroatoms. The van der Waals surface area contributed by atoms with Crippen molar-refractivity contribution in [3.63, 3.8) is 0 Å². The van der Waals surface area contributed by atoms with Gasteiger partial charge in [0.15, 0.2) is 0 Å². The third kappa shape index (κ3) is 11.5. The van der Waals surface area contributed by atoms with Crippen molar-refractivity contribution in [1.82, 2.24) is 0 Å². The Kier molecular flexibility index (Phi) is 16.2. The summed E-state index contributed by atoms with van der Waals surface area (Å²) in [6.45, 7) is 14.1. The first kappa shape index (κ1) is 35.6. The second kappa shape index (κ2) is 19.6. The summed E-state index contributed by atoms with van der Waals surface area (Å²) in [4.78, 5) is 11.1. The van der Waals surface area contributed by atoms with E-state index < -0.39 is 5.97 Å². The van der Waals surface area contributed by atoms with Crippen LogP contribution in [0.1, 0.15) is 57.9 Å². The average molecular weight is 591 g/mol. The van der Waals surface area contributed by atoms with Crippen LogP contribution in [0.25, 0.3) is 0 Å². The molecule has 2 aliphatic carbocycles. The van der Waals surface area contributed by atoms with Gasteiger partial charge in [-0.05, 0) is 66.3 Å². The lowest BCUT2D eigenvalue weighted by Gasteiger charge is -2.42. The molecule has 1 fully saturated rings. The zero-order valence-electron chi connectivity index (χ0n) is 26.0. The molecule has 0 spiro atoms. The van der Waals surface area contributed by atoms with E-state index in [9.17, 15) is 4.79 Å². The highest BCUT2D eigenvalue weighted by atomic mass is 16.6. The summed E-state index contributed by atoms with van der Waals surface area (Å²) in [7, 11) is 0. The maximum atomic E-state index is 11.1. The van der Waals surface area contributed by atoms with Gasteiger partial charge in [0.05, 0.1) is 13.2 Å². The number of allylic oxidation sites excluding steroid dienone is 4. The van der Waals surface area contributed by atoms with Crippen molar-refractivity contribution in [2.75, 3.05) is 33.0 Å². The van der Waals surface area contributed by atoms with Gasteiger partial charge in [0.1, 0.15) is 31.3 Å². The van der Waals surface area contributed by atoms with Crippen LogP contribution in [0.4, 0.5) is 0 Å². The number of carbonyl (C=O) groups excluding carboxylic acids is 1. The lowest BCUT2D eigenvalue weighted by atomic mass is 9.62. The number of rotatable bonds is 12. The van der Waals surface area contributed by atoms with E-state index in [0.29, 0.717) is 38.3 Å². The molecule has 3 atom stereocenters. The van der Waals surface area contributed by atoms with Crippen molar-refractivity contribution >= 4 is 5.97 Å². The minimum Gasteiger partial charge on any atom is -0.491 e. The molecule has 0 aliphatic heterocycles. The molecular formula is C37H50O6. The number of benzene rings is 2. The molecule has 3 unspecified atom stereocenters. The molecule has 0 saturated heterocycles.